The Morgan fingerprint density at radius 2 is 1.83 bits per heavy atom. The van der Waals surface area contributed by atoms with Gasteiger partial charge in [0.1, 0.15) is 11.5 Å². The highest BCUT2D eigenvalue weighted by Crippen LogP contribution is 2.32. The first-order valence-corrected chi connectivity index (χ1v) is 6.62. The van der Waals surface area contributed by atoms with Gasteiger partial charge in [-0.2, -0.15) is 0 Å². The van der Waals surface area contributed by atoms with Crippen molar-refractivity contribution in [1.29, 1.82) is 0 Å². The number of rotatable bonds is 4. The zero-order chi connectivity index (χ0) is 13.0. The van der Waals surface area contributed by atoms with Crippen LogP contribution >= 0.6 is 0 Å². The normalized spacial score (nSPS) is 23.7. The van der Waals surface area contributed by atoms with Gasteiger partial charge in [-0.05, 0) is 49.7 Å². The molecule has 1 fully saturated rings. The summed E-state index contributed by atoms with van der Waals surface area (Å²) in [5.74, 6) is 2.39. The largest absolute Gasteiger partial charge is 0.497 e. The van der Waals surface area contributed by atoms with E-state index in [1.54, 1.807) is 14.2 Å². The standard InChI is InChI=1S/C15H22O3/c1-17-14-8-5-12(15(10-14)18-2)9-11-3-6-13(16)7-4-11/h5,8,10-11,13,16H,3-4,6-7,9H2,1-2H3. The average molecular weight is 250 g/mol. The first kappa shape index (κ1) is 13.2. The van der Waals surface area contributed by atoms with Gasteiger partial charge in [0.25, 0.3) is 0 Å². The van der Waals surface area contributed by atoms with E-state index in [-0.39, 0.29) is 6.10 Å². The molecule has 0 spiro atoms. The predicted octanol–water partition coefficient (Wildman–Crippen LogP) is 2.80. The summed E-state index contributed by atoms with van der Waals surface area (Å²) in [7, 11) is 3.36. The molecule has 3 heteroatoms. The van der Waals surface area contributed by atoms with Crippen molar-refractivity contribution in [2.75, 3.05) is 14.2 Å². The molecule has 100 valence electrons. The summed E-state index contributed by atoms with van der Waals surface area (Å²) in [6.45, 7) is 0. The molecule has 2 rings (SSSR count). The van der Waals surface area contributed by atoms with Gasteiger partial charge < -0.3 is 14.6 Å². The van der Waals surface area contributed by atoms with Gasteiger partial charge in [-0.3, -0.25) is 0 Å². The fourth-order valence-corrected chi connectivity index (χ4v) is 2.68. The van der Waals surface area contributed by atoms with E-state index in [4.69, 9.17) is 9.47 Å². The van der Waals surface area contributed by atoms with Crippen LogP contribution in [-0.2, 0) is 6.42 Å². The Bertz CT molecular complexity index is 381. The third-order valence-electron chi connectivity index (χ3n) is 3.82. The van der Waals surface area contributed by atoms with Crippen LogP contribution in [0.1, 0.15) is 31.2 Å². The molecule has 1 N–H and O–H groups in total. The van der Waals surface area contributed by atoms with Gasteiger partial charge in [-0.25, -0.2) is 0 Å². The molecule has 3 nitrogen and oxygen atoms in total. The number of aliphatic hydroxyl groups is 1. The molecule has 1 aliphatic carbocycles. The number of benzene rings is 1. The fraction of sp³-hybridized carbons (Fsp3) is 0.600. The average Bonchev–Trinajstić information content (AvgIpc) is 2.41. The van der Waals surface area contributed by atoms with Crippen LogP contribution in [0.4, 0.5) is 0 Å². The van der Waals surface area contributed by atoms with E-state index in [1.165, 1.54) is 5.56 Å². The molecule has 18 heavy (non-hydrogen) atoms. The minimum atomic E-state index is -0.0842. The zero-order valence-electron chi connectivity index (χ0n) is 11.2. The van der Waals surface area contributed by atoms with Crippen molar-refractivity contribution in [3.63, 3.8) is 0 Å². The second-order valence-corrected chi connectivity index (χ2v) is 5.06. The molecule has 0 amide bonds. The Labute approximate surface area is 109 Å². The van der Waals surface area contributed by atoms with Crippen molar-refractivity contribution < 1.29 is 14.6 Å². The molecule has 1 aromatic carbocycles. The SMILES string of the molecule is COc1ccc(CC2CCC(O)CC2)c(OC)c1. The Kier molecular flexibility index (Phi) is 4.48. The number of aliphatic hydroxyl groups excluding tert-OH is 1. The predicted molar refractivity (Wildman–Crippen MR) is 71.2 cm³/mol. The Hall–Kier alpha value is -1.22. The number of ether oxygens (including phenoxy) is 2. The van der Waals surface area contributed by atoms with Crippen molar-refractivity contribution in [2.45, 2.75) is 38.2 Å². The smallest absolute Gasteiger partial charge is 0.125 e. The lowest BCUT2D eigenvalue weighted by molar-refractivity contribution is 0.108. The lowest BCUT2D eigenvalue weighted by atomic mass is 9.83. The molecular weight excluding hydrogens is 228 g/mol. The van der Waals surface area contributed by atoms with Crippen LogP contribution in [0.2, 0.25) is 0 Å². The third-order valence-corrected chi connectivity index (χ3v) is 3.82. The van der Waals surface area contributed by atoms with Gasteiger partial charge in [0.05, 0.1) is 20.3 Å². The van der Waals surface area contributed by atoms with Crippen LogP contribution in [0.5, 0.6) is 11.5 Å². The second-order valence-electron chi connectivity index (χ2n) is 5.06. The zero-order valence-corrected chi connectivity index (χ0v) is 11.2. The summed E-state index contributed by atoms with van der Waals surface area (Å²) >= 11 is 0. The van der Waals surface area contributed by atoms with Gasteiger partial charge in [-0.1, -0.05) is 6.07 Å². The minimum absolute atomic E-state index is 0.0842. The van der Waals surface area contributed by atoms with Crippen molar-refractivity contribution in [3.8, 4) is 11.5 Å². The van der Waals surface area contributed by atoms with Crippen LogP contribution < -0.4 is 9.47 Å². The van der Waals surface area contributed by atoms with E-state index in [0.717, 1.165) is 43.6 Å². The van der Waals surface area contributed by atoms with Crippen molar-refractivity contribution in [3.05, 3.63) is 23.8 Å². The molecule has 0 unspecified atom stereocenters. The van der Waals surface area contributed by atoms with Crippen LogP contribution in [0.15, 0.2) is 18.2 Å². The number of hydrogen-bond acceptors (Lipinski definition) is 3. The van der Waals surface area contributed by atoms with E-state index < -0.39 is 0 Å². The molecular formula is C15H22O3. The lowest BCUT2D eigenvalue weighted by Crippen LogP contribution is -2.19. The summed E-state index contributed by atoms with van der Waals surface area (Å²) in [5.41, 5.74) is 1.24. The fourth-order valence-electron chi connectivity index (χ4n) is 2.68. The Morgan fingerprint density at radius 1 is 1.11 bits per heavy atom. The van der Waals surface area contributed by atoms with Crippen LogP contribution in [0.3, 0.4) is 0 Å². The molecule has 0 saturated heterocycles. The van der Waals surface area contributed by atoms with E-state index in [1.807, 2.05) is 12.1 Å². The molecule has 1 saturated carbocycles. The monoisotopic (exact) mass is 250 g/mol. The molecule has 1 aromatic rings. The summed E-state index contributed by atoms with van der Waals surface area (Å²) < 4.78 is 10.6. The topological polar surface area (TPSA) is 38.7 Å². The number of methoxy groups -OCH3 is 2. The van der Waals surface area contributed by atoms with E-state index in [2.05, 4.69) is 6.07 Å². The summed E-state index contributed by atoms with van der Waals surface area (Å²) in [4.78, 5) is 0. The van der Waals surface area contributed by atoms with Gasteiger partial charge >= 0.3 is 0 Å². The molecule has 0 radical (unpaired) electrons. The maximum Gasteiger partial charge on any atom is 0.125 e. The van der Waals surface area contributed by atoms with Gasteiger partial charge in [0.2, 0.25) is 0 Å². The first-order chi connectivity index (χ1) is 8.72. The second kappa shape index (κ2) is 6.10. The maximum absolute atomic E-state index is 9.52. The Morgan fingerprint density at radius 3 is 2.44 bits per heavy atom. The molecule has 1 aliphatic rings. The van der Waals surface area contributed by atoms with E-state index in [9.17, 15) is 5.11 Å². The summed E-state index contributed by atoms with van der Waals surface area (Å²) in [6.07, 6.45) is 5.03. The molecule has 0 bridgehead atoms. The molecule has 0 heterocycles. The van der Waals surface area contributed by atoms with Gasteiger partial charge in [-0.15, -0.1) is 0 Å². The Balaban J connectivity index is 2.04. The van der Waals surface area contributed by atoms with Crippen LogP contribution in [0, 0.1) is 5.92 Å². The quantitative estimate of drug-likeness (QED) is 0.893. The molecule has 0 atom stereocenters. The lowest BCUT2D eigenvalue weighted by Gasteiger charge is -2.25. The van der Waals surface area contributed by atoms with Crippen LogP contribution in [-0.4, -0.2) is 25.4 Å². The van der Waals surface area contributed by atoms with E-state index >= 15 is 0 Å². The number of hydrogen-bond donors (Lipinski definition) is 1. The van der Waals surface area contributed by atoms with E-state index in [0.29, 0.717) is 5.92 Å². The third kappa shape index (κ3) is 3.16. The minimum Gasteiger partial charge on any atom is -0.497 e. The van der Waals surface area contributed by atoms with Crippen molar-refractivity contribution in [1.82, 2.24) is 0 Å². The van der Waals surface area contributed by atoms with Crippen molar-refractivity contribution >= 4 is 0 Å². The highest BCUT2D eigenvalue weighted by molar-refractivity contribution is 5.41. The van der Waals surface area contributed by atoms with Gasteiger partial charge in [0.15, 0.2) is 0 Å². The van der Waals surface area contributed by atoms with Crippen LogP contribution in [0.25, 0.3) is 0 Å². The van der Waals surface area contributed by atoms with Gasteiger partial charge in [0, 0.05) is 6.07 Å². The van der Waals surface area contributed by atoms with Crippen molar-refractivity contribution in [2.24, 2.45) is 5.92 Å². The maximum atomic E-state index is 9.52. The summed E-state index contributed by atoms with van der Waals surface area (Å²) in [6, 6.07) is 6.01. The molecule has 0 aromatic heterocycles. The molecule has 0 aliphatic heterocycles. The highest BCUT2D eigenvalue weighted by atomic mass is 16.5. The summed E-state index contributed by atoms with van der Waals surface area (Å²) in [5, 5.41) is 9.52. The first-order valence-electron chi connectivity index (χ1n) is 6.62. The highest BCUT2D eigenvalue weighted by Gasteiger charge is 2.20.